The van der Waals surface area contributed by atoms with Gasteiger partial charge >= 0.3 is 0 Å². The lowest BCUT2D eigenvalue weighted by atomic mass is 10.2. The molecule has 0 spiro atoms. The van der Waals surface area contributed by atoms with Crippen molar-refractivity contribution in [2.75, 3.05) is 12.4 Å². The van der Waals surface area contributed by atoms with Gasteiger partial charge in [0.15, 0.2) is 11.0 Å². The number of thioether (sulfide) groups is 1. The Bertz CT molecular complexity index is 1240. The Balaban J connectivity index is 1.62. The van der Waals surface area contributed by atoms with Crippen LogP contribution < -0.4 is 10.1 Å². The van der Waals surface area contributed by atoms with Gasteiger partial charge in [0.2, 0.25) is 5.88 Å². The molecule has 4 aromatic rings. The van der Waals surface area contributed by atoms with Crippen molar-refractivity contribution in [3.63, 3.8) is 0 Å². The number of aromatic hydroxyl groups is 2. The molecule has 0 aliphatic heterocycles. The van der Waals surface area contributed by atoms with E-state index in [1.807, 2.05) is 54.6 Å². The molecule has 0 aliphatic rings. The van der Waals surface area contributed by atoms with Gasteiger partial charge in [-0.1, -0.05) is 41.9 Å². The minimum atomic E-state index is -0.0864. The lowest BCUT2D eigenvalue weighted by molar-refractivity contribution is 0.397. The number of nitrogens with one attached hydrogen (secondary N) is 1. The van der Waals surface area contributed by atoms with E-state index in [0.717, 1.165) is 11.3 Å². The second kappa shape index (κ2) is 10.4. The molecule has 0 amide bonds. The smallest absolute Gasteiger partial charge is 0.213 e. The van der Waals surface area contributed by atoms with Crippen LogP contribution in [0.15, 0.2) is 94.8 Å². The van der Waals surface area contributed by atoms with Crippen LogP contribution in [0.4, 0.5) is 5.69 Å². The summed E-state index contributed by atoms with van der Waals surface area (Å²) >= 11 is 7.21. The molecule has 0 atom stereocenters. The fraction of sp³-hybridized carbons (Fsp3) is 0.0800. The number of rotatable bonds is 6. The second-order valence-corrected chi connectivity index (χ2v) is 8.53. The molecule has 6 nitrogen and oxygen atoms in total. The Morgan fingerprint density at radius 3 is 2.36 bits per heavy atom. The first-order chi connectivity index (χ1) is 16.0. The number of nitrogens with zero attached hydrogens (tertiary/aromatic N) is 2. The van der Waals surface area contributed by atoms with E-state index in [1.54, 1.807) is 31.4 Å². The Morgan fingerprint density at radius 1 is 1.00 bits per heavy atom. The molecule has 0 fully saturated rings. The van der Waals surface area contributed by atoms with Crippen LogP contribution in [0.3, 0.4) is 0 Å². The van der Waals surface area contributed by atoms with Crippen LogP contribution in [0.25, 0.3) is 5.69 Å². The molecule has 0 aliphatic carbocycles. The normalized spacial score (nSPS) is 11.4. The number of amidine groups is 1. The van der Waals surface area contributed by atoms with Crippen molar-refractivity contribution in [2.24, 2.45) is 4.99 Å². The summed E-state index contributed by atoms with van der Waals surface area (Å²) in [5, 5.41) is 25.9. The molecule has 3 N–H and O–H groups in total. The van der Waals surface area contributed by atoms with Crippen molar-refractivity contribution in [3.05, 3.63) is 95.5 Å². The molecule has 8 heteroatoms. The van der Waals surface area contributed by atoms with Gasteiger partial charge in [0, 0.05) is 16.8 Å². The number of aromatic nitrogens is 1. The van der Waals surface area contributed by atoms with Crippen LogP contribution in [-0.4, -0.2) is 27.1 Å². The zero-order valence-electron chi connectivity index (χ0n) is 17.8. The maximum absolute atomic E-state index is 10.9. The number of benzene rings is 3. The lowest BCUT2D eigenvalue weighted by Crippen LogP contribution is -2.08. The molecule has 168 valence electrons. The quantitative estimate of drug-likeness (QED) is 0.171. The summed E-state index contributed by atoms with van der Waals surface area (Å²) in [5.41, 5.74) is 2.46. The molecule has 0 saturated carbocycles. The minimum Gasteiger partial charge on any atom is -0.497 e. The van der Waals surface area contributed by atoms with Crippen molar-refractivity contribution >= 4 is 34.2 Å². The molecular formula is C25H22ClN3O3S. The summed E-state index contributed by atoms with van der Waals surface area (Å²) in [6.45, 7) is 0.422. The van der Waals surface area contributed by atoms with Crippen molar-refractivity contribution in [1.82, 2.24) is 4.57 Å². The highest BCUT2D eigenvalue weighted by Gasteiger charge is 2.18. The van der Waals surface area contributed by atoms with Gasteiger partial charge in [-0.25, -0.2) is 0 Å². The number of para-hydroxylation sites is 1. The van der Waals surface area contributed by atoms with Crippen LogP contribution >= 0.6 is 23.4 Å². The van der Waals surface area contributed by atoms with E-state index in [4.69, 9.17) is 21.3 Å². The largest absolute Gasteiger partial charge is 0.497 e. The van der Waals surface area contributed by atoms with Gasteiger partial charge in [-0.15, -0.1) is 0 Å². The summed E-state index contributed by atoms with van der Waals surface area (Å²) in [5.74, 6) is 0.511. The SMILES string of the molecule is COc1ccc(-n2c(O)cc(SC(=NCc3ccc(Cl)cc3)Nc3ccccc3)c2O)cc1. The molecule has 33 heavy (non-hydrogen) atoms. The van der Waals surface area contributed by atoms with Gasteiger partial charge in [0.25, 0.3) is 0 Å². The third-order valence-corrected chi connectivity index (χ3v) is 6.00. The zero-order chi connectivity index (χ0) is 23.2. The molecule has 1 aromatic heterocycles. The van der Waals surface area contributed by atoms with Gasteiger partial charge in [-0.05, 0) is 65.9 Å². The Labute approximate surface area is 201 Å². The average Bonchev–Trinajstić information content (AvgIpc) is 3.11. The summed E-state index contributed by atoms with van der Waals surface area (Å²) in [4.78, 5) is 5.16. The molecule has 0 saturated heterocycles. The number of aliphatic imine (C=N–C) groups is 1. The molecule has 0 unspecified atom stereocenters. The fourth-order valence-electron chi connectivity index (χ4n) is 3.13. The molecule has 4 rings (SSSR count). The van der Waals surface area contributed by atoms with E-state index >= 15 is 0 Å². The highest BCUT2D eigenvalue weighted by Crippen LogP contribution is 2.39. The first-order valence-electron chi connectivity index (χ1n) is 10.1. The van der Waals surface area contributed by atoms with Gasteiger partial charge in [-0.3, -0.25) is 9.56 Å². The molecule has 0 radical (unpaired) electrons. The monoisotopic (exact) mass is 479 g/mol. The van der Waals surface area contributed by atoms with E-state index in [-0.39, 0.29) is 11.8 Å². The summed E-state index contributed by atoms with van der Waals surface area (Å²) < 4.78 is 6.54. The van der Waals surface area contributed by atoms with E-state index < -0.39 is 0 Å². The lowest BCUT2D eigenvalue weighted by Gasteiger charge is -2.11. The van der Waals surface area contributed by atoms with Crippen LogP contribution in [0.1, 0.15) is 5.56 Å². The Kier molecular flexibility index (Phi) is 7.12. The second-order valence-electron chi connectivity index (χ2n) is 7.06. The van der Waals surface area contributed by atoms with Crippen molar-refractivity contribution in [1.29, 1.82) is 0 Å². The summed E-state index contributed by atoms with van der Waals surface area (Å²) in [6.07, 6.45) is 0. The van der Waals surface area contributed by atoms with Gasteiger partial charge in [-0.2, -0.15) is 0 Å². The van der Waals surface area contributed by atoms with Crippen LogP contribution in [-0.2, 0) is 6.54 Å². The predicted molar refractivity (Wildman–Crippen MR) is 134 cm³/mol. The fourth-order valence-corrected chi connectivity index (χ4v) is 4.10. The van der Waals surface area contributed by atoms with Crippen LogP contribution in [0, 0.1) is 0 Å². The van der Waals surface area contributed by atoms with Gasteiger partial charge < -0.3 is 20.3 Å². The summed E-state index contributed by atoms with van der Waals surface area (Å²) in [6, 6.07) is 25.7. The van der Waals surface area contributed by atoms with Gasteiger partial charge in [0.1, 0.15) is 5.75 Å². The Hall–Kier alpha value is -3.55. The Morgan fingerprint density at radius 2 is 1.70 bits per heavy atom. The summed E-state index contributed by atoms with van der Waals surface area (Å²) in [7, 11) is 1.58. The standard InChI is InChI=1S/C25H22ClN3O3S/c1-32-21-13-11-20(12-14-21)29-23(30)15-22(24(29)31)33-25(28-19-5-3-2-4-6-19)27-16-17-7-9-18(26)10-8-17/h2-15,30-31H,16H2,1H3,(H,27,28). The molecular weight excluding hydrogens is 458 g/mol. The van der Waals surface area contributed by atoms with E-state index in [9.17, 15) is 10.2 Å². The third-order valence-electron chi connectivity index (χ3n) is 4.80. The maximum atomic E-state index is 10.9. The van der Waals surface area contributed by atoms with E-state index in [1.165, 1.54) is 22.4 Å². The van der Waals surface area contributed by atoms with Crippen molar-refractivity contribution < 1.29 is 14.9 Å². The number of anilines is 1. The molecule has 1 heterocycles. The van der Waals surface area contributed by atoms with Crippen LogP contribution in [0.5, 0.6) is 17.5 Å². The predicted octanol–water partition coefficient (Wildman–Crippen LogP) is 6.31. The number of hydrogen-bond acceptors (Lipinski definition) is 5. The third kappa shape index (κ3) is 5.63. The maximum Gasteiger partial charge on any atom is 0.213 e. The van der Waals surface area contributed by atoms with E-state index in [0.29, 0.717) is 33.1 Å². The minimum absolute atomic E-state index is 0.0862. The number of halogens is 1. The molecule has 0 bridgehead atoms. The highest BCUT2D eigenvalue weighted by atomic mass is 35.5. The first kappa shape index (κ1) is 22.6. The van der Waals surface area contributed by atoms with Crippen LogP contribution in [0.2, 0.25) is 5.02 Å². The highest BCUT2D eigenvalue weighted by molar-refractivity contribution is 8.14. The number of methoxy groups -OCH3 is 1. The zero-order valence-corrected chi connectivity index (χ0v) is 19.3. The van der Waals surface area contributed by atoms with Crippen molar-refractivity contribution in [3.8, 4) is 23.2 Å². The number of ether oxygens (including phenoxy) is 1. The molecule has 3 aromatic carbocycles. The average molecular weight is 480 g/mol. The first-order valence-corrected chi connectivity index (χ1v) is 11.3. The topological polar surface area (TPSA) is 79.0 Å². The van der Waals surface area contributed by atoms with Crippen molar-refractivity contribution in [2.45, 2.75) is 11.4 Å². The van der Waals surface area contributed by atoms with E-state index in [2.05, 4.69) is 5.32 Å². The number of hydrogen-bond donors (Lipinski definition) is 3. The van der Waals surface area contributed by atoms with Gasteiger partial charge in [0.05, 0.1) is 24.2 Å².